The summed E-state index contributed by atoms with van der Waals surface area (Å²) in [5.41, 5.74) is 0. The third-order valence-electron chi connectivity index (χ3n) is 1.04. The molecule has 0 bridgehead atoms. The number of hydrogen-bond acceptors (Lipinski definition) is 3. The summed E-state index contributed by atoms with van der Waals surface area (Å²) < 4.78 is 10.1. The summed E-state index contributed by atoms with van der Waals surface area (Å²) in [6.07, 6.45) is 0. The molecule has 76 valence electrons. The van der Waals surface area contributed by atoms with Gasteiger partial charge in [0.05, 0.1) is 13.2 Å². The van der Waals surface area contributed by atoms with Crippen LogP contribution in [0, 0.1) is 11.8 Å². The van der Waals surface area contributed by atoms with Gasteiger partial charge in [-0.2, -0.15) is 0 Å². The zero-order valence-electron chi connectivity index (χ0n) is 8.28. The van der Waals surface area contributed by atoms with Crippen LogP contribution < -0.4 is 0 Å². The monoisotopic (exact) mass is 280 g/mol. The predicted molar refractivity (Wildman–Crippen MR) is 57.9 cm³/mol. The third-order valence-corrected chi connectivity index (χ3v) is 1.78. The van der Waals surface area contributed by atoms with Gasteiger partial charge in [0, 0.05) is 0 Å². The molecule has 0 fully saturated rings. The summed E-state index contributed by atoms with van der Waals surface area (Å²) in [6, 6.07) is 0. The predicted octanol–water partition coefficient (Wildman–Crippen LogP) is 1.90. The Hall–Kier alpha value is 2.12. The fourth-order valence-electron chi connectivity index (χ4n) is 0.463. The Kier molecular flexibility index (Phi) is 14.3. The van der Waals surface area contributed by atoms with E-state index in [0.29, 0.717) is 25.0 Å². The summed E-state index contributed by atoms with van der Waals surface area (Å²) in [5.74, 6) is 0.870. The van der Waals surface area contributed by atoms with Crippen LogP contribution in [0.15, 0.2) is 0 Å². The van der Waals surface area contributed by atoms with E-state index in [1.807, 2.05) is 27.7 Å². The molecule has 3 nitrogen and oxygen atoms in total. The fraction of sp³-hybridized carbons (Fsp3) is 1.00. The van der Waals surface area contributed by atoms with Crippen LogP contribution in [0.3, 0.4) is 0 Å². The Bertz CT molecular complexity index is 99.6. The fourth-order valence-corrected chi connectivity index (χ4v) is 1.39. The van der Waals surface area contributed by atoms with Crippen LogP contribution in [0.25, 0.3) is 0 Å². The molecule has 0 amide bonds. The molecule has 0 aliphatic carbocycles. The molecule has 0 aromatic heterocycles. The third kappa shape index (κ3) is 14.1. The van der Waals surface area contributed by atoms with Crippen LogP contribution in [-0.2, 0) is 9.05 Å². The molecule has 0 saturated carbocycles. The van der Waals surface area contributed by atoms with Gasteiger partial charge in [0.1, 0.15) is 0 Å². The van der Waals surface area contributed by atoms with Crippen molar-refractivity contribution in [2.75, 3.05) is 13.2 Å². The molecule has 0 saturated heterocycles. The molecule has 0 rings (SSSR count). The zero-order chi connectivity index (χ0) is 9.56. The minimum atomic E-state index is -1.65. The SMILES string of the molecule is CC(C)COP(O)OCC(C)C.[RbH]. The van der Waals surface area contributed by atoms with Gasteiger partial charge in [0.25, 0.3) is 0 Å². The van der Waals surface area contributed by atoms with Crippen molar-refractivity contribution in [2.24, 2.45) is 11.8 Å². The van der Waals surface area contributed by atoms with E-state index in [1.54, 1.807) is 0 Å². The van der Waals surface area contributed by atoms with E-state index in [-0.39, 0.29) is 58.2 Å². The molecule has 5 heteroatoms. The Balaban J connectivity index is 0. The minimum absolute atomic E-state index is 0. The normalized spacial score (nSPS) is 11.1. The maximum atomic E-state index is 9.17. The van der Waals surface area contributed by atoms with Gasteiger partial charge in [-0.15, -0.1) is 0 Å². The molecule has 0 atom stereocenters. The van der Waals surface area contributed by atoms with E-state index in [9.17, 15) is 0 Å². The summed E-state index contributed by atoms with van der Waals surface area (Å²) in [5, 5.41) is 0. The van der Waals surface area contributed by atoms with E-state index in [4.69, 9.17) is 13.9 Å². The first kappa shape index (κ1) is 17.5. The van der Waals surface area contributed by atoms with Crippen LogP contribution in [0.5, 0.6) is 0 Å². The zero-order valence-corrected chi connectivity index (χ0v) is 9.17. The average Bonchev–Trinajstić information content (AvgIpc) is 1.96. The van der Waals surface area contributed by atoms with Crippen molar-refractivity contribution >= 4 is 66.8 Å². The van der Waals surface area contributed by atoms with Crippen molar-refractivity contribution in [3.8, 4) is 0 Å². The van der Waals surface area contributed by atoms with E-state index in [2.05, 4.69) is 0 Å². The van der Waals surface area contributed by atoms with Crippen molar-refractivity contribution in [1.29, 1.82) is 0 Å². The molecule has 0 unspecified atom stereocenters. The molecule has 0 heterocycles. The molecule has 0 aromatic rings. The van der Waals surface area contributed by atoms with Crippen molar-refractivity contribution in [3.05, 3.63) is 0 Å². The van der Waals surface area contributed by atoms with Crippen LogP contribution in [0.1, 0.15) is 27.7 Å². The first-order valence-corrected chi connectivity index (χ1v) is 5.40. The van der Waals surface area contributed by atoms with Crippen LogP contribution in [0.4, 0.5) is 0 Å². The molecule has 1 N–H and O–H groups in total. The van der Waals surface area contributed by atoms with Crippen molar-refractivity contribution in [3.63, 3.8) is 0 Å². The maximum absolute atomic E-state index is 9.17. The Morgan fingerprint density at radius 1 is 1.00 bits per heavy atom. The van der Waals surface area contributed by atoms with Gasteiger partial charge < -0.3 is 13.9 Å². The van der Waals surface area contributed by atoms with Gasteiger partial charge in [-0.25, -0.2) is 0 Å². The Morgan fingerprint density at radius 3 is 1.54 bits per heavy atom. The molecule has 13 heavy (non-hydrogen) atoms. The van der Waals surface area contributed by atoms with Gasteiger partial charge >= 0.3 is 66.8 Å². The van der Waals surface area contributed by atoms with Crippen LogP contribution >= 0.6 is 8.60 Å². The number of rotatable bonds is 6. The number of hydrogen-bond donors (Lipinski definition) is 1. The average molecular weight is 281 g/mol. The van der Waals surface area contributed by atoms with Crippen molar-refractivity contribution in [2.45, 2.75) is 27.7 Å². The summed E-state index contributed by atoms with van der Waals surface area (Å²) in [6.45, 7) is 9.25. The molecule has 0 aromatic carbocycles. The molecular formula is C8H20O3PRb. The topological polar surface area (TPSA) is 38.7 Å². The first-order valence-electron chi connectivity index (χ1n) is 4.27. The molecule has 0 spiro atoms. The van der Waals surface area contributed by atoms with Gasteiger partial charge in [0.2, 0.25) is 0 Å². The van der Waals surface area contributed by atoms with Crippen LogP contribution in [-0.4, -0.2) is 76.3 Å². The molecular weight excluding hydrogens is 261 g/mol. The van der Waals surface area contributed by atoms with Gasteiger partial charge in [-0.1, -0.05) is 27.7 Å². The van der Waals surface area contributed by atoms with Crippen LogP contribution in [0.2, 0.25) is 0 Å². The Morgan fingerprint density at radius 2 is 1.31 bits per heavy atom. The van der Waals surface area contributed by atoms with E-state index >= 15 is 0 Å². The second-order valence-corrected chi connectivity index (χ2v) is 4.61. The molecule has 0 radical (unpaired) electrons. The molecule has 0 aliphatic heterocycles. The van der Waals surface area contributed by atoms with Gasteiger partial charge in [0.15, 0.2) is 0 Å². The van der Waals surface area contributed by atoms with Gasteiger partial charge in [-0.3, -0.25) is 0 Å². The van der Waals surface area contributed by atoms with Crippen molar-refractivity contribution < 1.29 is 13.9 Å². The van der Waals surface area contributed by atoms with Gasteiger partial charge in [-0.05, 0) is 11.8 Å². The molecule has 0 aliphatic rings. The summed E-state index contributed by atoms with van der Waals surface area (Å²) >= 11 is 0. The summed E-state index contributed by atoms with van der Waals surface area (Å²) in [7, 11) is -1.65. The standard InChI is InChI=1S/C8H19O3P.Rb.H/c1-7(2)5-10-12(9)11-6-8(3)4;;/h7-9H,5-6H2,1-4H3;;. The van der Waals surface area contributed by atoms with Crippen molar-refractivity contribution in [1.82, 2.24) is 0 Å². The second-order valence-electron chi connectivity index (χ2n) is 3.62. The second kappa shape index (κ2) is 10.6. The summed E-state index contributed by atoms with van der Waals surface area (Å²) in [4.78, 5) is 9.17. The van der Waals surface area contributed by atoms with E-state index < -0.39 is 8.60 Å². The first-order chi connectivity index (χ1) is 5.52. The quantitative estimate of drug-likeness (QED) is 0.755. The van der Waals surface area contributed by atoms with E-state index in [0.717, 1.165) is 0 Å². The Labute approximate surface area is 131 Å². The van der Waals surface area contributed by atoms with E-state index in [1.165, 1.54) is 0 Å².